The van der Waals surface area contributed by atoms with E-state index in [1.54, 1.807) is 17.5 Å². The molecule has 22 heavy (non-hydrogen) atoms. The zero-order valence-electron chi connectivity index (χ0n) is 11.2. The van der Waals surface area contributed by atoms with E-state index >= 15 is 0 Å². The Labute approximate surface area is 135 Å². The van der Waals surface area contributed by atoms with Crippen LogP contribution in [0.2, 0.25) is 5.28 Å². The van der Waals surface area contributed by atoms with Crippen molar-refractivity contribution < 1.29 is 0 Å². The Hall–Kier alpha value is -2.44. The molecule has 0 fully saturated rings. The van der Waals surface area contributed by atoms with Gasteiger partial charge in [-0.15, -0.1) is 11.3 Å². The van der Waals surface area contributed by atoms with Gasteiger partial charge in [-0.1, -0.05) is 12.1 Å². The van der Waals surface area contributed by atoms with Gasteiger partial charge >= 0.3 is 0 Å². The molecular formula is C15H10ClN5S. The van der Waals surface area contributed by atoms with Crippen molar-refractivity contribution in [1.29, 1.82) is 0 Å². The maximum atomic E-state index is 5.97. The predicted molar refractivity (Wildman–Crippen MR) is 89.7 cm³/mol. The van der Waals surface area contributed by atoms with Crippen LogP contribution < -0.4 is 5.32 Å². The highest BCUT2D eigenvalue weighted by Crippen LogP contribution is 2.29. The number of nitrogens with zero attached hydrogens (tertiary/aromatic N) is 3. The van der Waals surface area contributed by atoms with Gasteiger partial charge in [0.05, 0.1) is 11.6 Å². The molecule has 0 saturated carbocycles. The lowest BCUT2D eigenvalue weighted by atomic mass is 10.1. The van der Waals surface area contributed by atoms with E-state index < -0.39 is 0 Å². The molecule has 4 rings (SSSR count). The maximum Gasteiger partial charge on any atom is 0.225 e. The first-order valence-electron chi connectivity index (χ1n) is 6.56. The number of H-pyrrole nitrogens is 1. The Morgan fingerprint density at radius 3 is 2.68 bits per heavy atom. The molecule has 0 unspecified atom stereocenters. The lowest BCUT2D eigenvalue weighted by Gasteiger charge is -2.07. The number of thiophene rings is 1. The van der Waals surface area contributed by atoms with Gasteiger partial charge in [-0.2, -0.15) is 10.1 Å². The first-order valence-corrected chi connectivity index (χ1v) is 7.82. The molecule has 0 saturated heterocycles. The van der Waals surface area contributed by atoms with Crippen LogP contribution in [0.25, 0.3) is 21.3 Å². The zero-order valence-corrected chi connectivity index (χ0v) is 12.8. The predicted octanol–water partition coefficient (Wildman–Crippen LogP) is 4.48. The fourth-order valence-electron chi connectivity index (χ4n) is 2.22. The second-order valence-corrected chi connectivity index (χ2v) is 5.90. The molecule has 5 nitrogen and oxygen atoms in total. The van der Waals surface area contributed by atoms with Crippen LogP contribution in [0, 0.1) is 0 Å². The van der Waals surface area contributed by atoms with Crippen molar-refractivity contribution in [3.8, 4) is 11.1 Å². The molecule has 0 aliphatic carbocycles. The third kappa shape index (κ3) is 2.43. The van der Waals surface area contributed by atoms with Crippen LogP contribution in [0.4, 0.5) is 11.5 Å². The fourth-order valence-corrected chi connectivity index (χ4v) is 3.20. The first-order chi connectivity index (χ1) is 10.8. The summed E-state index contributed by atoms with van der Waals surface area (Å²) >= 11 is 7.51. The number of rotatable bonds is 3. The van der Waals surface area contributed by atoms with Gasteiger partial charge in [0.2, 0.25) is 5.28 Å². The van der Waals surface area contributed by atoms with Crippen LogP contribution in [-0.2, 0) is 0 Å². The molecule has 0 aliphatic rings. The zero-order chi connectivity index (χ0) is 14.9. The highest BCUT2D eigenvalue weighted by atomic mass is 35.5. The lowest BCUT2D eigenvalue weighted by molar-refractivity contribution is 1.09. The van der Waals surface area contributed by atoms with E-state index in [9.17, 15) is 0 Å². The molecule has 108 valence electrons. The smallest absolute Gasteiger partial charge is 0.225 e. The standard InChI is InChI=1S/C15H10ClN5S/c16-15-20-13(12-5-6-22-14(12)21-15)19-11-3-1-9(2-4-11)10-7-17-18-8-10/h1-8H,(H,17,18)(H,19,20,21). The van der Waals surface area contributed by atoms with Crippen molar-refractivity contribution >= 4 is 44.7 Å². The van der Waals surface area contributed by atoms with Crippen molar-refractivity contribution in [3.05, 3.63) is 53.4 Å². The molecule has 0 bridgehead atoms. The van der Waals surface area contributed by atoms with Crippen LogP contribution in [0.3, 0.4) is 0 Å². The van der Waals surface area contributed by atoms with Crippen molar-refractivity contribution in [1.82, 2.24) is 20.2 Å². The van der Waals surface area contributed by atoms with Gasteiger partial charge in [0.25, 0.3) is 0 Å². The first kappa shape index (κ1) is 13.2. The number of halogens is 1. The van der Waals surface area contributed by atoms with Gasteiger partial charge in [-0.25, -0.2) is 4.98 Å². The number of fused-ring (bicyclic) bond motifs is 1. The van der Waals surface area contributed by atoms with Crippen molar-refractivity contribution in [2.24, 2.45) is 0 Å². The summed E-state index contributed by atoms with van der Waals surface area (Å²) in [5, 5.41) is 13.2. The van der Waals surface area contributed by atoms with Crippen LogP contribution in [0.1, 0.15) is 0 Å². The molecule has 0 radical (unpaired) electrons. The Kier molecular flexibility index (Phi) is 3.25. The molecule has 3 heterocycles. The number of anilines is 2. The van der Waals surface area contributed by atoms with Crippen molar-refractivity contribution in [2.45, 2.75) is 0 Å². The Morgan fingerprint density at radius 1 is 1.05 bits per heavy atom. The molecule has 0 atom stereocenters. The summed E-state index contributed by atoms with van der Waals surface area (Å²) < 4.78 is 0. The van der Waals surface area contributed by atoms with E-state index in [2.05, 4.69) is 25.5 Å². The van der Waals surface area contributed by atoms with Crippen molar-refractivity contribution in [3.63, 3.8) is 0 Å². The number of benzene rings is 1. The number of hydrogen-bond donors (Lipinski definition) is 2. The summed E-state index contributed by atoms with van der Waals surface area (Å²) in [6.45, 7) is 0. The number of hydrogen-bond acceptors (Lipinski definition) is 5. The quantitative estimate of drug-likeness (QED) is 0.544. The van der Waals surface area contributed by atoms with E-state index in [0.717, 1.165) is 27.0 Å². The average molecular weight is 328 g/mol. The minimum absolute atomic E-state index is 0.243. The number of nitrogens with one attached hydrogen (secondary N) is 2. The van der Waals surface area contributed by atoms with Gasteiger partial charge in [-0.05, 0) is 40.7 Å². The number of aromatic amines is 1. The molecule has 1 aromatic carbocycles. The van der Waals surface area contributed by atoms with Gasteiger partial charge < -0.3 is 5.32 Å². The van der Waals surface area contributed by atoms with E-state index in [4.69, 9.17) is 11.6 Å². The Morgan fingerprint density at radius 2 is 1.91 bits per heavy atom. The van der Waals surface area contributed by atoms with Gasteiger partial charge in [0.1, 0.15) is 10.6 Å². The van der Waals surface area contributed by atoms with Crippen LogP contribution in [0.15, 0.2) is 48.1 Å². The minimum atomic E-state index is 0.243. The maximum absolute atomic E-state index is 5.97. The highest BCUT2D eigenvalue weighted by Gasteiger charge is 2.08. The topological polar surface area (TPSA) is 66.5 Å². The second kappa shape index (κ2) is 5.40. The summed E-state index contributed by atoms with van der Waals surface area (Å²) in [4.78, 5) is 9.36. The molecule has 0 amide bonds. The van der Waals surface area contributed by atoms with E-state index in [1.165, 1.54) is 0 Å². The molecule has 2 N–H and O–H groups in total. The summed E-state index contributed by atoms with van der Waals surface area (Å²) in [6, 6.07) is 10.0. The fraction of sp³-hybridized carbons (Fsp3) is 0. The van der Waals surface area contributed by atoms with Crippen molar-refractivity contribution in [2.75, 3.05) is 5.32 Å². The second-order valence-electron chi connectivity index (χ2n) is 4.67. The molecule has 7 heteroatoms. The van der Waals surface area contributed by atoms with E-state index in [-0.39, 0.29) is 5.28 Å². The average Bonchev–Trinajstić information content (AvgIpc) is 3.18. The molecule has 4 aromatic rings. The molecule has 3 aromatic heterocycles. The largest absolute Gasteiger partial charge is 0.340 e. The monoisotopic (exact) mass is 327 g/mol. The molecular weight excluding hydrogens is 318 g/mol. The lowest BCUT2D eigenvalue weighted by Crippen LogP contribution is -1.95. The summed E-state index contributed by atoms with van der Waals surface area (Å²) in [6.07, 6.45) is 3.66. The normalized spacial score (nSPS) is 11.0. The van der Waals surface area contributed by atoms with Crippen LogP contribution in [0.5, 0.6) is 0 Å². The molecule has 0 spiro atoms. The minimum Gasteiger partial charge on any atom is -0.340 e. The van der Waals surface area contributed by atoms with Gasteiger partial charge in [-0.3, -0.25) is 5.10 Å². The number of aromatic nitrogens is 4. The van der Waals surface area contributed by atoms with E-state index in [1.807, 2.05) is 41.9 Å². The van der Waals surface area contributed by atoms with Gasteiger partial charge in [0.15, 0.2) is 0 Å². The molecule has 0 aliphatic heterocycles. The Bertz CT molecular complexity index is 915. The third-order valence-electron chi connectivity index (χ3n) is 3.28. The van der Waals surface area contributed by atoms with Gasteiger partial charge in [0, 0.05) is 17.4 Å². The van der Waals surface area contributed by atoms with Crippen LogP contribution >= 0.6 is 22.9 Å². The summed E-state index contributed by atoms with van der Waals surface area (Å²) in [5.74, 6) is 0.715. The Balaban J connectivity index is 1.66. The highest BCUT2D eigenvalue weighted by molar-refractivity contribution is 7.16. The summed E-state index contributed by atoms with van der Waals surface area (Å²) in [7, 11) is 0. The SMILES string of the molecule is Clc1nc(Nc2ccc(-c3cn[nH]c3)cc2)c2ccsc2n1. The summed E-state index contributed by atoms with van der Waals surface area (Å²) in [5.41, 5.74) is 3.09. The third-order valence-corrected chi connectivity index (χ3v) is 4.25. The van der Waals surface area contributed by atoms with E-state index in [0.29, 0.717) is 5.82 Å². The van der Waals surface area contributed by atoms with Crippen LogP contribution in [-0.4, -0.2) is 20.2 Å².